The largest absolute Gasteiger partial charge is 0.591 e. The van der Waals surface area contributed by atoms with Crippen molar-refractivity contribution >= 4 is 28.5 Å². The molecule has 1 heterocycles. The van der Waals surface area contributed by atoms with Crippen LogP contribution in [0.15, 0.2) is 51.4 Å². The van der Waals surface area contributed by atoms with Gasteiger partial charge in [0.2, 0.25) is 0 Å². The number of aryl methyl sites for hydroxylation is 1. The SMILES string of the molecule is Cc1ccc2c(-c3ccccc3C=N[S+]([O-])C(C)(C)C)noc2c1. The standard InChI is InChI=1S/C19H20N2O2S/c1-13-9-10-16-17(11-13)23-21-18(16)15-8-6-5-7-14(15)12-20-24(22)19(2,3)4/h5-12H,1-4H3. The Morgan fingerprint density at radius 3 is 2.67 bits per heavy atom. The van der Waals surface area contributed by atoms with Crippen molar-refractivity contribution in [2.24, 2.45) is 4.40 Å². The summed E-state index contributed by atoms with van der Waals surface area (Å²) in [6.07, 6.45) is 1.66. The van der Waals surface area contributed by atoms with Crippen molar-refractivity contribution in [2.75, 3.05) is 0 Å². The molecule has 1 unspecified atom stereocenters. The zero-order chi connectivity index (χ0) is 17.3. The predicted molar refractivity (Wildman–Crippen MR) is 99.7 cm³/mol. The van der Waals surface area contributed by atoms with E-state index in [1.165, 1.54) is 0 Å². The summed E-state index contributed by atoms with van der Waals surface area (Å²) in [4.78, 5) is 0. The molecule has 0 spiro atoms. The molecule has 3 rings (SSSR count). The van der Waals surface area contributed by atoms with E-state index >= 15 is 0 Å². The van der Waals surface area contributed by atoms with Crippen LogP contribution in [-0.4, -0.2) is 20.7 Å². The molecule has 0 aliphatic heterocycles. The fourth-order valence-corrected chi connectivity index (χ4v) is 2.85. The Hall–Kier alpha value is -2.11. The quantitative estimate of drug-likeness (QED) is 0.513. The topological polar surface area (TPSA) is 61.5 Å². The summed E-state index contributed by atoms with van der Waals surface area (Å²) in [5.74, 6) is 0. The highest BCUT2D eigenvalue weighted by Crippen LogP contribution is 2.30. The van der Waals surface area contributed by atoms with Gasteiger partial charge in [0.1, 0.15) is 21.8 Å². The van der Waals surface area contributed by atoms with Crippen LogP contribution in [-0.2, 0) is 11.4 Å². The zero-order valence-corrected chi connectivity index (χ0v) is 15.1. The molecule has 24 heavy (non-hydrogen) atoms. The molecule has 0 saturated heterocycles. The molecule has 0 N–H and O–H groups in total. The van der Waals surface area contributed by atoms with Crippen LogP contribution in [0.4, 0.5) is 0 Å². The molecule has 2 aromatic carbocycles. The molecule has 3 aromatic rings. The van der Waals surface area contributed by atoms with Gasteiger partial charge >= 0.3 is 0 Å². The van der Waals surface area contributed by atoms with Crippen molar-refractivity contribution < 1.29 is 9.08 Å². The van der Waals surface area contributed by atoms with Gasteiger partial charge < -0.3 is 9.08 Å². The van der Waals surface area contributed by atoms with Crippen molar-refractivity contribution in [3.63, 3.8) is 0 Å². The Morgan fingerprint density at radius 1 is 1.17 bits per heavy atom. The molecule has 0 radical (unpaired) electrons. The summed E-state index contributed by atoms with van der Waals surface area (Å²) < 4.78 is 21.5. The van der Waals surface area contributed by atoms with Gasteiger partial charge in [0, 0.05) is 16.5 Å². The molecule has 4 nitrogen and oxygen atoms in total. The Kier molecular flexibility index (Phi) is 4.47. The van der Waals surface area contributed by atoms with Crippen LogP contribution in [0.3, 0.4) is 0 Å². The van der Waals surface area contributed by atoms with Gasteiger partial charge in [-0.05, 0) is 45.4 Å². The minimum Gasteiger partial charge on any atom is -0.591 e. The molecule has 5 heteroatoms. The number of rotatable bonds is 3. The van der Waals surface area contributed by atoms with E-state index in [2.05, 4.69) is 9.55 Å². The average molecular weight is 340 g/mol. The first-order valence-electron chi connectivity index (χ1n) is 7.78. The highest BCUT2D eigenvalue weighted by atomic mass is 32.2. The van der Waals surface area contributed by atoms with Crippen molar-refractivity contribution in [1.29, 1.82) is 0 Å². The normalized spacial score (nSPS) is 13.7. The highest BCUT2D eigenvalue weighted by Gasteiger charge is 2.26. The molecule has 0 amide bonds. The van der Waals surface area contributed by atoms with Crippen molar-refractivity contribution in [1.82, 2.24) is 5.16 Å². The maximum absolute atomic E-state index is 12.2. The zero-order valence-electron chi connectivity index (χ0n) is 14.2. The number of hydrogen-bond donors (Lipinski definition) is 0. The second-order valence-corrected chi connectivity index (χ2v) is 8.65. The van der Waals surface area contributed by atoms with Gasteiger partial charge in [-0.3, -0.25) is 0 Å². The second kappa shape index (κ2) is 6.42. The van der Waals surface area contributed by atoms with Gasteiger partial charge in [0.25, 0.3) is 0 Å². The van der Waals surface area contributed by atoms with Crippen LogP contribution in [0.2, 0.25) is 0 Å². The third-order valence-corrected chi connectivity index (χ3v) is 5.00. The molecular formula is C19H20N2O2S. The maximum atomic E-state index is 12.2. The Bertz CT molecular complexity index is 894. The van der Waals surface area contributed by atoms with E-state index in [1.54, 1.807) is 6.21 Å². The van der Waals surface area contributed by atoms with Crippen LogP contribution in [0.25, 0.3) is 22.2 Å². The third-order valence-electron chi connectivity index (χ3n) is 3.65. The number of hydrogen-bond acceptors (Lipinski definition) is 4. The van der Waals surface area contributed by atoms with Crippen LogP contribution in [0, 0.1) is 6.92 Å². The van der Waals surface area contributed by atoms with E-state index in [0.717, 1.165) is 33.4 Å². The monoisotopic (exact) mass is 340 g/mol. The van der Waals surface area contributed by atoms with Crippen LogP contribution in [0.5, 0.6) is 0 Å². The number of fused-ring (bicyclic) bond motifs is 1. The van der Waals surface area contributed by atoms with Gasteiger partial charge in [0.15, 0.2) is 5.58 Å². The van der Waals surface area contributed by atoms with E-state index in [9.17, 15) is 4.55 Å². The number of aromatic nitrogens is 1. The van der Waals surface area contributed by atoms with E-state index in [-0.39, 0.29) is 4.75 Å². The van der Waals surface area contributed by atoms with Crippen molar-refractivity contribution in [3.05, 3.63) is 53.6 Å². The average Bonchev–Trinajstić information content (AvgIpc) is 2.94. The summed E-state index contributed by atoms with van der Waals surface area (Å²) in [5.41, 5.74) is 4.44. The Balaban J connectivity index is 2.04. The Morgan fingerprint density at radius 2 is 1.92 bits per heavy atom. The molecule has 124 valence electrons. The first kappa shape index (κ1) is 16.7. The number of nitrogens with zero attached hydrogens (tertiary/aromatic N) is 2. The lowest BCUT2D eigenvalue weighted by Crippen LogP contribution is -2.25. The molecular weight excluding hydrogens is 320 g/mol. The maximum Gasteiger partial charge on any atom is 0.167 e. The summed E-state index contributed by atoms with van der Waals surface area (Å²) >= 11 is -1.30. The first-order valence-corrected chi connectivity index (χ1v) is 8.88. The lowest BCUT2D eigenvalue weighted by atomic mass is 10.0. The smallest absolute Gasteiger partial charge is 0.167 e. The molecule has 0 aliphatic carbocycles. The van der Waals surface area contributed by atoms with Crippen molar-refractivity contribution in [3.8, 4) is 11.3 Å². The highest BCUT2D eigenvalue weighted by molar-refractivity contribution is 7.91. The molecule has 1 aromatic heterocycles. The molecule has 0 bridgehead atoms. The second-order valence-electron chi connectivity index (χ2n) is 6.71. The Labute approximate surface area is 144 Å². The van der Waals surface area contributed by atoms with Gasteiger partial charge in [-0.15, -0.1) is 0 Å². The summed E-state index contributed by atoms with van der Waals surface area (Å²) in [6.45, 7) is 7.73. The van der Waals surface area contributed by atoms with E-state index in [0.29, 0.717) is 0 Å². The molecule has 1 atom stereocenters. The van der Waals surface area contributed by atoms with Crippen LogP contribution >= 0.6 is 0 Å². The fourth-order valence-electron chi connectivity index (χ4n) is 2.33. The van der Waals surface area contributed by atoms with E-state index in [4.69, 9.17) is 4.52 Å². The molecule has 0 aliphatic rings. The van der Waals surface area contributed by atoms with Gasteiger partial charge in [-0.1, -0.05) is 39.9 Å². The summed E-state index contributed by atoms with van der Waals surface area (Å²) in [7, 11) is 0. The van der Waals surface area contributed by atoms with E-state index < -0.39 is 11.4 Å². The third kappa shape index (κ3) is 3.37. The van der Waals surface area contributed by atoms with Gasteiger partial charge in [-0.2, -0.15) is 0 Å². The van der Waals surface area contributed by atoms with Crippen LogP contribution in [0.1, 0.15) is 31.9 Å². The summed E-state index contributed by atoms with van der Waals surface area (Å²) in [5, 5.41) is 5.19. The van der Waals surface area contributed by atoms with E-state index in [1.807, 2.05) is 70.2 Å². The number of benzene rings is 2. The lowest BCUT2D eigenvalue weighted by Gasteiger charge is -2.17. The predicted octanol–water partition coefficient (Wildman–Crippen LogP) is 4.68. The molecule has 0 fully saturated rings. The van der Waals surface area contributed by atoms with Crippen LogP contribution < -0.4 is 0 Å². The lowest BCUT2D eigenvalue weighted by molar-refractivity contribution is 0.459. The molecule has 0 saturated carbocycles. The summed E-state index contributed by atoms with van der Waals surface area (Å²) in [6, 6.07) is 13.8. The van der Waals surface area contributed by atoms with Gasteiger partial charge in [-0.25, -0.2) is 0 Å². The minimum atomic E-state index is -1.30. The fraction of sp³-hybridized carbons (Fsp3) is 0.263. The minimum absolute atomic E-state index is 0.385. The van der Waals surface area contributed by atoms with Gasteiger partial charge in [0.05, 0.1) is 6.21 Å². The first-order chi connectivity index (χ1) is 11.4. The van der Waals surface area contributed by atoms with Crippen molar-refractivity contribution in [2.45, 2.75) is 32.4 Å².